The number of nitrogens with zero attached hydrogens (tertiary/aromatic N) is 3. The number of nitrogens with one attached hydrogen (secondary N) is 1. The highest BCUT2D eigenvalue weighted by Crippen LogP contribution is 2.47. The third kappa shape index (κ3) is 3.36. The van der Waals surface area contributed by atoms with Gasteiger partial charge in [-0.3, -0.25) is 14.4 Å². The maximum Gasteiger partial charge on any atom is 0.261 e. The van der Waals surface area contributed by atoms with Crippen LogP contribution < -0.4 is 11.1 Å². The molecule has 1 aromatic carbocycles. The number of aryl methyl sites for hydroxylation is 1. The van der Waals surface area contributed by atoms with Gasteiger partial charge in [-0.1, -0.05) is 11.6 Å². The molecule has 3 N–H and O–H groups in total. The number of benzene rings is 1. The first-order valence-electron chi connectivity index (χ1n) is 10.3. The Morgan fingerprint density at radius 2 is 2.00 bits per heavy atom. The van der Waals surface area contributed by atoms with E-state index in [2.05, 4.69) is 15.3 Å². The zero-order chi connectivity index (χ0) is 21.0. The Morgan fingerprint density at radius 3 is 2.60 bits per heavy atom. The van der Waals surface area contributed by atoms with E-state index in [-0.39, 0.29) is 16.8 Å². The van der Waals surface area contributed by atoms with Crippen LogP contribution in [-0.4, -0.2) is 52.9 Å². The summed E-state index contributed by atoms with van der Waals surface area (Å²) in [4.78, 5) is 15.6. The van der Waals surface area contributed by atoms with Gasteiger partial charge in [0.2, 0.25) is 0 Å². The number of likely N-dealkylation sites (tertiary alicyclic amines) is 1. The van der Waals surface area contributed by atoms with Crippen LogP contribution in [0.2, 0.25) is 5.02 Å². The van der Waals surface area contributed by atoms with Gasteiger partial charge in [0, 0.05) is 31.7 Å². The van der Waals surface area contributed by atoms with Gasteiger partial charge in [0.1, 0.15) is 17.2 Å². The summed E-state index contributed by atoms with van der Waals surface area (Å²) in [6.45, 7) is 3.87. The molecular formula is C21H25ClFN5O2. The molecule has 1 saturated carbocycles. The molecule has 2 atom stereocenters. The van der Waals surface area contributed by atoms with Crippen LogP contribution in [0.3, 0.4) is 0 Å². The predicted octanol–water partition coefficient (Wildman–Crippen LogP) is 2.87. The number of ether oxygens (including phenoxy) is 1. The highest BCUT2D eigenvalue weighted by Gasteiger charge is 2.45. The minimum atomic E-state index is -0.531. The molecule has 30 heavy (non-hydrogen) atoms. The van der Waals surface area contributed by atoms with Crippen LogP contribution in [-0.2, 0) is 11.8 Å². The summed E-state index contributed by atoms with van der Waals surface area (Å²) in [7, 11) is 1.75. The first kappa shape index (κ1) is 19.8. The van der Waals surface area contributed by atoms with Crippen molar-refractivity contribution in [1.29, 1.82) is 0 Å². The second-order valence-corrected chi connectivity index (χ2v) is 9.09. The van der Waals surface area contributed by atoms with E-state index in [0.29, 0.717) is 34.9 Å². The average molecular weight is 434 g/mol. The summed E-state index contributed by atoms with van der Waals surface area (Å²) in [5.74, 6) is 0.901. The summed E-state index contributed by atoms with van der Waals surface area (Å²) < 4.78 is 20.3. The Balaban J connectivity index is 1.34. The quantitative estimate of drug-likeness (QED) is 0.774. The number of nitrogen functional groups attached to an aromatic ring is 1. The number of carbonyl (C=O) groups excluding carboxylic acids is 1. The number of anilines is 2. The molecule has 3 heterocycles. The van der Waals surface area contributed by atoms with Crippen molar-refractivity contribution >= 4 is 29.0 Å². The molecule has 2 aliphatic heterocycles. The SMILES string of the molecule is Cn1nc(C2CC3CN(C4COC4)CC3C2)c(C(=O)Nc2ccc(F)c(Cl)c2)c1N. The van der Waals surface area contributed by atoms with Gasteiger partial charge in [0.15, 0.2) is 0 Å². The molecule has 1 aliphatic carbocycles. The lowest BCUT2D eigenvalue weighted by Gasteiger charge is -2.35. The minimum absolute atomic E-state index is 0.0442. The molecule has 7 nitrogen and oxygen atoms in total. The monoisotopic (exact) mass is 433 g/mol. The molecule has 3 fully saturated rings. The molecule has 5 rings (SSSR count). The molecule has 0 bridgehead atoms. The number of hydrogen-bond acceptors (Lipinski definition) is 5. The van der Waals surface area contributed by atoms with E-state index in [1.54, 1.807) is 11.7 Å². The van der Waals surface area contributed by atoms with Gasteiger partial charge in [-0.05, 0) is 42.9 Å². The van der Waals surface area contributed by atoms with E-state index >= 15 is 0 Å². The van der Waals surface area contributed by atoms with Crippen molar-refractivity contribution in [3.8, 4) is 0 Å². The molecule has 0 spiro atoms. The van der Waals surface area contributed by atoms with Crippen LogP contribution in [0.5, 0.6) is 0 Å². The largest absolute Gasteiger partial charge is 0.383 e. The molecule has 9 heteroatoms. The third-order valence-corrected chi connectivity index (χ3v) is 7.12. The summed E-state index contributed by atoms with van der Waals surface area (Å²) in [6, 6.07) is 4.66. The molecule has 2 saturated heterocycles. The molecular weight excluding hydrogens is 409 g/mol. The van der Waals surface area contributed by atoms with Gasteiger partial charge in [-0.15, -0.1) is 0 Å². The van der Waals surface area contributed by atoms with Crippen molar-refractivity contribution < 1.29 is 13.9 Å². The lowest BCUT2D eigenvalue weighted by Crippen LogP contribution is -2.48. The summed E-state index contributed by atoms with van der Waals surface area (Å²) in [5, 5.41) is 7.35. The Kier molecular flexibility index (Phi) is 4.95. The standard InChI is InChI=1S/C21H25ClFN5O2/c1-27-20(24)18(21(29)25-14-2-3-17(23)16(22)6-14)19(26-27)11-4-12-7-28(8-13(12)5-11)15-9-30-10-15/h2-3,6,11-13,15H,4-5,7-10,24H2,1H3,(H,25,29). The first-order valence-corrected chi connectivity index (χ1v) is 10.7. The fourth-order valence-electron chi connectivity index (χ4n) is 5.14. The van der Waals surface area contributed by atoms with Crippen molar-refractivity contribution in [2.24, 2.45) is 18.9 Å². The highest BCUT2D eigenvalue weighted by molar-refractivity contribution is 6.31. The number of nitrogens with two attached hydrogens (primary N) is 1. The lowest BCUT2D eigenvalue weighted by atomic mass is 9.97. The normalized spacial score (nSPS) is 26.6. The van der Waals surface area contributed by atoms with E-state index in [4.69, 9.17) is 22.1 Å². The maximum atomic E-state index is 13.4. The first-order chi connectivity index (χ1) is 14.4. The summed E-state index contributed by atoms with van der Waals surface area (Å²) >= 11 is 5.84. The van der Waals surface area contributed by atoms with Crippen LogP contribution in [0.15, 0.2) is 18.2 Å². The van der Waals surface area contributed by atoms with Crippen molar-refractivity contribution in [1.82, 2.24) is 14.7 Å². The zero-order valence-electron chi connectivity index (χ0n) is 16.8. The van der Waals surface area contributed by atoms with Crippen molar-refractivity contribution in [3.05, 3.63) is 40.3 Å². The fourth-order valence-corrected chi connectivity index (χ4v) is 5.32. The Labute approximate surface area is 179 Å². The van der Waals surface area contributed by atoms with Crippen molar-refractivity contribution in [2.45, 2.75) is 24.8 Å². The lowest BCUT2D eigenvalue weighted by molar-refractivity contribution is -0.0594. The van der Waals surface area contributed by atoms with Crippen LogP contribution >= 0.6 is 11.6 Å². The van der Waals surface area contributed by atoms with Gasteiger partial charge in [0.25, 0.3) is 5.91 Å². The Bertz CT molecular complexity index is 978. The molecule has 1 aromatic heterocycles. The number of amides is 1. The molecule has 2 unspecified atom stereocenters. The number of aromatic nitrogens is 2. The van der Waals surface area contributed by atoms with Crippen LogP contribution in [0.1, 0.15) is 34.8 Å². The molecule has 0 radical (unpaired) electrons. The summed E-state index contributed by atoms with van der Waals surface area (Å²) in [6.07, 6.45) is 2.02. The van der Waals surface area contributed by atoms with E-state index in [1.807, 2.05) is 0 Å². The van der Waals surface area contributed by atoms with E-state index in [9.17, 15) is 9.18 Å². The van der Waals surface area contributed by atoms with E-state index < -0.39 is 5.82 Å². The highest BCUT2D eigenvalue weighted by atomic mass is 35.5. The number of hydrogen-bond donors (Lipinski definition) is 2. The second-order valence-electron chi connectivity index (χ2n) is 8.69. The van der Waals surface area contributed by atoms with Crippen LogP contribution in [0.25, 0.3) is 0 Å². The van der Waals surface area contributed by atoms with Crippen LogP contribution in [0, 0.1) is 17.7 Å². The zero-order valence-corrected chi connectivity index (χ0v) is 17.5. The third-order valence-electron chi connectivity index (χ3n) is 6.83. The summed E-state index contributed by atoms with van der Waals surface area (Å²) in [5.41, 5.74) is 7.80. The maximum absolute atomic E-state index is 13.4. The van der Waals surface area contributed by atoms with Crippen LogP contribution in [0.4, 0.5) is 15.9 Å². The van der Waals surface area contributed by atoms with Gasteiger partial charge in [-0.25, -0.2) is 4.39 Å². The van der Waals surface area contributed by atoms with E-state index in [0.717, 1.165) is 44.8 Å². The van der Waals surface area contributed by atoms with Gasteiger partial charge >= 0.3 is 0 Å². The molecule has 160 valence electrons. The Morgan fingerprint density at radius 1 is 1.30 bits per heavy atom. The topological polar surface area (TPSA) is 85.4 Å². The molecule has 3 aliphatic rings. The number of halogens is 2. The van der Waals surface area contributed by atoms with Gasteiger partial charge in [-0.2, -0.15) is 5.10 Å². The van der Waals surface area contributed by atoms with Crippen molar-refractivity contribution in [2.75, 3.05) is 37.4 Å². The predicted molar refractivity (Wildman–Crippen MR) is 112 cm³/mol. The number of fused-ring (bicyclic) bond motifs is 1. The number of rotatable bonds is 4. The average Bonchev–Trinajstić information content (AvgIpc) is 3.29. The fraction of sp³-hybridized carbons (Fsp3) is 0.524. The number of carbonyl (C=O) groups is 1. The van der Waals surface area contributed by atoms with Gasteiger partial charge in [0.05, 0.1) is 30.0 Å². The van der Waals surface area contributed by atoms with Gasteiger partial charge < -0.3 is 15.8 Å². The van der Waals surface area contributed by atoms with E-state index in [1.165, 1.54) is 18.2 Å². The smallest absolute Gasteiger partial charge is 0.261 e. The Hall–Kier alpha value is -2.16. The molecule has 2 aromatic rings. The minimum Gasteiger partial charge on any atom is -0.383 e. The van der Waals surface area contributed by atoms with Crippen molar-refractivity contribution in [3.63, 3.8) is 0 Å². The molecule has 1 amide bonds. The second kappa shape index (κ2) is 7.51.